The molecule has 2 N–H and O–H groups in total. The summed E-state index contributed by atoms with van der Waals surface area (Å²) in [6, 6.07) is 3.42. The van der Waals surface area contributed by atoms with Gasteiger partial charge in [0.1, 0.15) is 0 Å². The predicted molar refractivity (Wildman–Crippen MR) is 84.0 cm³/mol. The fourth-order valence-corrected chi connectivity index (χ4v) is 2.36. The van der Waals surface area contributed by atoms with Crippen LogP contribution in [-0.4, -0.2) is 21.0 Å². The van der Waals surface area contributed by atoms with Crippen LogP contribution in [-0.2, 0) is 0 Å². The quantitative estimate of drug-likeness (QED) is 0.480. The smallest absolute Gasteiger partial charge is 0.271 e. The van der Waals surface area contributed by atoms with Gasteiger partial charge in [0.15, 0.2) is 4.32 Å². The summed E-state index contributed by atoms with van der Waals surface area (Å²) in [5.41, 5.74) is 5.80. The highest BCUT2D eigenvalue weighted by Gasteiger charge is 2.05. The Hall–Kier alpha value is -1.14. The molecule has 0 saturated heterocycles. The number of nitrogens with one attached hydrogen (secondary N) is 2. The molecule has 6 heteroatoms. The molecule has 0 unspecified atom stereocenters. The Morgan fingerprint density at radius 3 is 2.89 bits per heavy atom. The second kappa shape index (κ2) is 9.75. The van der Waals surface area contributed by atoms with Gasteiger partial charge in [0.05, 0.1) is 5.56 Å². The topological polar surface area (TPSA) is 54.0 Å². The first-order valence-electron chi connectivity index (χ1n) is 6.37. The molecule has 1 amide bonds. The van der Waals surface area contributed by atoms with Gasteiger partial charge in [-0.15, -0.1) is 0 Å². The number of hydrogen-bond donors (Lipinski definition) is 2. The number of rotatable bonds is 6. The first kappa shape index (κ1) is 15.9. The predicted octanol–water partition coefficient (Wildman–Crippen LogP) is 2.91. The summed E-state index contributed by atoms with van der Waals surface area (Å²) in [5, 5.41) is 0. The molecule has 0 aliphatic carbocycles. The molecule has 1 aromatic heterocycles. The van der Waals surface area contributed by atoms with Gasteiger partial charge in [-0.05, 0) is 18.6 Å². The summed E-state index contributed by atoms with van der Waals surface area (Å²) in [6.07, 6.45) is 8.01. The lowest BCUT2D eigenvalue weighted by Crippen LogP contribution is -2.39. The number of nitrogens with zero attached hydrogens (tertiary/aromatic N) is 1. The standard InChI is InChI=1S/C13H19N3OS2/c1-2-3-4-5-9-19-13(18)16-15-12(17)11-7-6-8-14-10-11/h6-8,10H,2-5,9H2,1H3,(H,15,17)(H,16,18). The Labute approximate surface area is 123 Å². The number of hydrogen-bond acceptors (Lipinski definition) is 4. The van der Waals surface area contributed by atoms with Crippen LogP contribution in [0.3, 0.4) is 0 Å². The SMILES string of the molecule is CCCCCCSC(=S)NNC(=O)c1cccnc1. The molecule has 0 fully saturated rings. The van der Waals surface area contributed by atoms with E-state index < -0.39 is 0 Å². The van der Waals surface area contributed by atoms with Crippen LogP contribution >= 0.6 is 24.0 Å². The van der Waals surface area contributed by atoms with Gasteiger partial charge in [0, 0.05) is 18.1 Å². The summed E-state index contributed by atoms with van der Waals surface area (Å²) >= 11 is 6.68. The van der Waals surface area contributed by atoms with Crippen LogP contribution in [0.15, 0.2) is 24.5 Å². The Balaban J connectivity index is 2.15. The van der Waals surface area contributed by atoms with Crippen LogP contribution in [0.2, 0.25) is 0 Å². The van der Waals surface area contributed by atoms with Crippen molar-refractivity contribution in [2.75, 3.05) is 5.75 Å². The van der Waals surface area contributed by atoms with Crippen molar-refractivity contribution in [2.45, 2.75) is 32.6 Å². The lowest BCUT2D eigenvalue weighted by Gasteiger charge is -2.08. The highest BCUT2D eigenvalue weighted by atomic mass is 32.2. The van der Waals surface area contributed by atoms with Gasteiger partial charge in [-0.3, -0.25) is 20.6 Å². The van der Waals surface area contributed by atoms with Gasteiger partial charge >= 0.3 is 0 Å². The van der Waals surface area contributed by atoms with E-state index in [0.717, 1.165) is 12.2 Å². The molecule has 0 atom stereocenters. The molecule has 0 aromatic carbocycles. The van der Waals surface area contributed by atoms with Crippen LogP contribution < -0.4 is 10.9 Å². The zero-order valence-corrected chi connectivity index (χ0v) is 12.6. The highest BCUT2D eigenvalue weighted by Crippen LogP contribution is 2.08. The number of unbranched alkanes of at least 4 members (excludes halogenated alkanes) is 3. The number of amides is 1. The Morgan fingerprint density at radius 2 is 2.21 bits per heavy atom. The molecule has 1 rings (SSSR count). The number of thiocarbonyl (C=S) groups is 1. The van der Waals surface area contributed by atoms with E-state index in [9.17, 15) is 4.79 Å². The molecular weight excluding hydrogens is 278 g/mol. The minimum Gasteiger partial charge on any atom is -0.283 e. The fourth-order valence-electron chi connectivity index (χ4n) is 1.41. The summed E-state index contributed by atoms with van der Waals surface area (Å²) < 4.78 is 0.591. The van der Waals surface area contributed by atoms with Gasteiger partial charge < -0.3 is 0 Å². The van der Waals surface area contributed by atoms with Gasteiger partial charge in [-0.2, -0.15) is 0 Å². The van der Waals surface area contributed by atoms with Crippen molar-refractivity contribution < 1.29 is 4.79 Å². The Kier molecular flexibility index (Phi) is 8.16. The van der Waals surface area contributed by atoms with E-state index in [-0.39, 0.29) is 5.91 Å². The van der Waals surface area contributed by atoms with Crippen molar-refractivity contribution in [3.8, 4) is 0 Å². The van der Waals surface area contributed by atoms with Crippen LogP contribution in [0.1, 0.15) is 43.0 Å². The molecule has 104 valence electrons. The van der Waals surface area contributed by atoms with Crippen molar-refractivity contribution in [3.63, 3.8) is 0 Å². The van der Waals surface area contributed by atoms with Gasteiger partial charge in [-0.1, -0.05) is 50.2 Å². The van der Waals surface area contributed by atoms with E-state index in [1.807, 2.05) is 0 Å². The Bertz CT molecular complexity index is 398. The molecule has 0 aliphatic rings. The molecule has 1 heterocycles. The van der Waals surface area contributed by atoms with Gasteiger partial charge in [0.2, 0.25) is 0 Å². The maximum atomic E-state index is 11.7. The minimum atomic E-state index is -0.234. The molecule has 0 saturated carbocycles. The maximum absolute atomic E-state index is 11.7. The van der Waals surface area contributed by atoms with Crippen LogP contribution in [0.5, 0.6) is 0 Å². The summed E-state index contributed by atoms with van der Waals surface area (Å²) in [6.45, 7) is 2.19. The van der Waals surface area contributed by atoms with E-state index in [1.165, 1.54) is 25.5 Å². The summed E-state index contributed by atoms with van der Waals surface area (Å²) in [5.74, 6) is 0.747. The molecule has 0 radical (unpaired) electrons. The third-order valence-corrected chi connectivity index (χ3v) is 3.75. The Morgan fingerprint density at radius 1 is 1.37 bits per heavy atom. The number of hydrazine groups is 1. The third kappa shape index (κ3) is 7.12. The van der Waals surface area contributed by atoms with Crippen molar-refractivity contribution in [1.29, 1.82) is 0 Å². The number of carbonyl (C=O) groups is 1. The highest BCUT2D eigenvalue weighted by molar-refractivity contribution is 8.22. The number of aromatic nitrogens is 1. The van der Waals surface area contributed by atoms with Crippen molar-refractivity contribution in [1.82, 2.24) is 15.8 Å². The van der Waals surface area contributed by atoms with E-state index in [0.29, 0.717) is 9.88 Å². The lowest BCUT2D eigenvalue weighted by molar-refractivity contribution is 0.0944. The monoisotopic (exact) mass is 297 g/mol. The zero-order valence-electron chi connectivity index (χ0n) is 11.0. The van der Waals surface area contributed by atoms with E-state index in [1.54, 1.807) is 30.1 Å². The van der Waals surface area contributed by atoms with Gasteiger partial charge in [-0.25, -0.2) is 0 Å². The maximum Gasteiger partial charge on any atom is 0.271 e. The van der Waals surface area contributed by atoms with Crippen molar-refractivity contribution >= 4 is 34.2 Å². The second-order valence-corrected chi connectivity index (χ2v) is 5.79. The molecule has 4 nitrogen and oxygen atoms in total. The minimum absolute atomic E-state index is 0.234. The normalized spacial score (nSPS) is 9.95. The summed E-state index contributed by atoms with van der Waals surface area (Å²) in [4.78, 5) is 15.6. The first-order valence-corrected chi connectivity index (χ1v) is 7.76. The largest absolute Gasteiger partial charge is 0.283 e. The second-order valence-electron chi connectivity index (χ2n) is 4.02. The lowest BCUT2D eigenvalue weighted by atomic mass is 10.2. The number of carbonyl (C=O) groups excluding carboxylic acids is 1. The average molecular weight is 297 g/mol. The average Bonchev–Trinajstić information content (AvgIpc) is 2.45. The summed E-state index contributed by atoms with van der Waals surface area (Å²) in [7, 11) is 0. The van der Waals surface area contributed by atoms with Crippen molar-refractivity contribution in [3.05, 3.63) is 30.1 Å². The molecule has 1 aromatic rings. The van der Waals surface area contributed by atoms with Crippen LogP contribution in [0.25, 0.3) is 0 Å². The zero-order chi connectivity index (χ0) is 13.9. The van der Waals surface area contributed by atoms with Gasteiger partial charge in [0.25, 0.3) is 5.91 Å². The van der Waals surface area contributed by atoms with Crippen molar-refractivity contribution in [2.24, 2.45) is 0 Å². The van der Waals surface area contributed by atoms with E-state index >= 15 is 0 Å². The first-order chi connectivity index (χ1) is 9.24. The van der Waals surface area contributed by atoms with E-state index in [4.69, 9.17) is 12.2 Å². The van der Waals surface area contributed by atoms with Crippen LogP contribution in [0, 0.1) is 0 Å². The number of pyridine rings is 1. The van der Waals surface area contributed by atoms with E-state index in [2.05, 4.69) is 22.8 Å². The third-order valence-electron chi connectivity index (χ3n) is 2.43. The molecular formula is C13H19N3OS2. The van der Waals surface area contributed by atoms with Crippen LogP contribution in [0.4, 0.5) is 0 Å². The fraction of sp³-hybridized carbons (Fsp3) is 0.462. The molecule has 0 bridgehead atoms. The number of thioether (sulfide) groups is 1. The molecule has 0 spiro atoms. The molecule has 19 heavy (non-hydrogen) atoms. The molecule has 0 aliphatic heterocycles.